The Morgan fingerprint density at radius 2 is 1.86 bits per heavy atom. The first-order chi connectivity index (χ1) is 13.9. The number of para-hydroxylation sites is 2. The van der Waals surface area contributed by atoms with Gasteiger partial charge in [-0.1, -0.05) is 23.9 Å². The van der Waals surface area contributed by atoms with Crippen molar-refractivity contribution in [3.8, 4) is 11.5 Å². The van der Waals surface area contributed by atoms with Gasteiger partial charge < -0.3 is 25.5 Å². The average Bonchev–Trinajstić information content (AvgIpc) is 3.16. The Hall–Kier alpha value is -3.41. The van der Waals surface area contributed by atoms with Gasteiger partial charge in [0.05, 0.1) is 17.1 Å². The van der Waals surface area contributed by atoms with Gasteiger partial charge in [0.1, 0.15) is 0 Å². The minimum atomic E-state index is -0.413. The van der Waals surface area contributed by atoms with Crippen molar-refractivity contribution in [3.63, 3.8) is 0 Å². The quantitative estimate of drug-likeness (QED) is 0.392. The van der Waals surface area contributed by atoms with Crippen LogP contribution in [-0.2, 0) is 9.59 Å². The molecular formula is C18H16N5O5S-. The summed E-state index contributed by atoms with van der Waals surface area (Å²) >= 11 is 1.03. The van der Waals surface area contributed by atoms with Crippen LogP contribution in [-0.4, -0.2) is 33.0 Å². The smallest absolute Gasteiger partial charge is 0.277 e. The fourth-order valence-electron chi connectivity index (χ4n) is 2.34. The van der Waals surface area contributed by atoms with Gasteiger partial charge in [-0.25, -0.2) is 0 Å². The molecule has 3 rings (SSSR count). The van der Waals surface area contributed by atoms with Gasteiger partial charge in [0.15, 0.2) is 0 Å². The highest BCUT2D eigenvalue weighted by Crippen LogP contribution is 2.26. The lowest BCUT2D eigenvalue weighted by atomic mass is 10.2. The maximum Gasteiger partial charge on any atom is 0.277 e. The predicted octanol–water partition coefficient (Wildman–Crippen LogP) is 3.12. The third-order valence-electron chi connectivity index (χ3n) is 3.57. The summed E-state index contributed by atoms with van der Waals surface area (Å²) in [6.07, 6.45) is 0. The van der Waals surface area contributed by atoms with E-state index in [-0.39, 0.29) is 39.4 Å². The topological polar surface area (TPSA) is 144 Å². The molecule has 0 unspecified atom stereocenters. The Morgan fingerprint density at radius 3 is 2.55 bits per heavy atom. The second-order valence-corrected chi connectivity index (χ2v) is 6.69. The van der Waals surface area contributed by atoms with E-state index in [1.165, 1.54) is 19.1 Å². The van der Waals surface area contributed by atoms with Crippen molar-refractivity contribution in [2.75, 3.05) is 21.6 Å². The molecule has 11 heteroatoms. The van der Waals surface area contributed by atoms with E-state index >= 15 is 0 Å². The van der Waals surface area contributed by atoms with Gasteiger partial charge in [0, 0.05) is 18.2 Å². The average molecular weight is 414 g/mol. The summed E-state index contributed by atoms with van der Waals surface area (Å²) in [7, 11) is 0. The van der Waals surface area contributed by atoms with E-state index in [0.29, 0.717) is 11.3 Å². The van der Waals surface area contributed by atoms with E-state index < -0.39 is 5.91 Å². The fraction of sp³-hybridized carbons (Fsp3) is 0.111. The Morgan fingerprint density at radius 1 is 1.14 bits per heavy atom. The van der Waals surface area contributed by atoms with E-state index in [1.807, 2.05) is 0 Å². The minimum absolute atomic E-state index is 0.0400. The fourth-order valence-corrected chi connectivity index (χ4v) is 2.91. The van der Waals surface area contributed by atoms with Crippen molar-refractivity contribution in [2.45, 2.75) is 12.1 Å². The molecule has 0 aliphatic heterocycles. The number of anilines is 3. The first-order valence-corrected chi connectivity index (χ1v) is 9.30. The van der Waals surface area contributed by atoms with Crippen LogP contribution in [0.15, 0.2) is 58.2 Å². The van der Waals surface area contributed by atoms with Crippen molar-refractivity contribution in [1.29, 1.82) is 0 Å². The van der Waals surface area contributed by atoms with Gasteiger partial charge in [-0.15, -0.1) is 10.2 Å². The summed E-state index contributed by atoms with van der Waals surface area (Å²) in [4.78, 5) is 23.2. The van der Waals surface area contributed by atoms with Gasteiger partial charge >= 0.3 is 0 Å². The van der Waals surface area contributed by atoms with Crippen LogP contribution in [0.25, 0.3) is 11.5 Å². The molecule has 0 aliphatic carbocycles. The lowest BCUT2D eigenvalue weighted by Crippen LogP contribution is -2.17. The van der Waals surface area contributed by atoms with Crippen LogP contribution in [0.1, 0.15) is 6.92 Å². The predicted molar refractivity (Wildman–Crippen MR) is 107 cm³/mol. The zero-order valence-electron chi connectivity index (χ0n) is 15.2. The third kappa shape index (κ3) is 5.54. The summed E-state index contributed by atoms with van der Waals surface area (Å²) in [6, 6.07) is 12.9. The summed E-state index contributed by atoms with van der Waals surface area (Å²) < 4.78 is 5.53. The molecule has 3 N–H and O–H groups in total. The normalized spacial score (nSPS) is 10.4. The number of nitrogens with zero attached hydrogens (tertiary/aromatic N) is 3. The molecule has 1 heterocycles. The second-order valence-electron chi connectivity index (χ2n) is 5.76. The number of thioether (sulfide) groups is 1. The summed E-state index contributed by atoms with van der Waals surface area (Å²) in [6.45, 7) is 1.42. The van der Waals surface area contributed by atoms with Crippen LogP contribution < -0.4 is 15.9 Å². The monoisotopic (exact) mass is 414 g/mol. The molecule has 150 valence electrons. The van der Waals surface area contributed by atoms with E-state index in [4.69, 9.17) is 9.62 Å². The standard InChI is InChI=1S/C18H16N5O5S/c1-11(24)19-13-8-6-12(7-9-13)17-21-22-18(28-17)29-10-16(25)20-14-4-2-3-5-15(14)23(26)27/h2-9,26H,10H2,1H3,(H,19,24)(H,20,25)/q-1. The third-order valence-corrected chi connectivity index (χ3v) is 4.39. The number of rotatable bonds is 7. The van der Waals surface area contributed by atoms with Crippen LogP contribution in [0, 0.1) is 5.21 Å². The molecule has 29 heavy (non-hydrogen) atoms. The van der Waals surface area contributed by atoms with Crippen LogP contribution in [0.2, 0.25) is 0 Å². The van der Waals surface area contributed by atoms with E-state index in [2.05, 4.69) is 20.8 Å². The summed E-state index contributed by atoms with van der Waals surface area (Å²) in [5.41, 5.74) is 1.41. The van der Waals surface area contributed by atoms with E-state index in [0.717, 1.165) is 11.8 Å². The Balaban J connectivity index is 1.58. The summed E-state index contributed by atoms with van der Waals surface area (Å²) in [5, 5.41) is 33.1. The number of hydrogen-bond donors (Lipinski definition) is 3. The zero-order chi connectivity index (χ0) is 20.8. The lowest BCUT2D eigenvalue weighted by Gasteiger charge is -2.24. The van der Waals surface area contributed by atoms with E-state index in [9.17, 15) is 14.8 Å². The first kappa shape index (κ1) is 20.3. The molecule has 2 aromatic carbocycles. The second kappa shape index (κ2) is 9.19. The van der Waals surface area contributed by atoms with Crippen molar-refractivity contribution in [3.05, 3.63) is 53.7 Å². The Labute approximate surface area is 169 Å². The molecule has 1 aromatic heterocycles. The van der Waals surface area contributed by atoms with Gasteiger partial charge in [-0.2, -0.15) is 0 Å². The van der Waals surface area contributed by atoms with Crippen LogP contribution >= 0.6 is 11.8 Å². The number of carbonyl (C=O) groups is 2. The molecule has 0 saturated heterocycles. The number of hydrogen-bond acceptors (Lipinski definition) is 9. The van der Waals surface area contributed by atoms with Gasteiger partial charge in [-0.3, -0.25) is 14.8 Å². The van der Waals surface area contributed by atoms with Gasteiger partial charge in [0.25, 0.3) is 5.22 Å². The molecule has 0 aliphatic rings. The highest BCUT2D eigenvalue weighted by atomic mass is 32.2. The Kier molecular flexibility index (Phi) is 6.44. The maximum atomic E-state index is 12.1. The van der Waals surface area contributed by atoms with Crippen molar-refractivity contribution in [2.24, 2.45) is 0 Å². The number of benzene rings is 2. The van der Waals surface area contributed by atoms with Crippen molar-refractivity contribution < 1.29 is 19.2 Å². The SMILES string of the molecule is CC(=O)Nc1ccc(-c2nnc(SCC(=O)Nc3ccccc3N([O-])O)o2)cc1. The maximum absolute atomic E-state index is 12.1. The van der Waals surface area contributed by atoms with Crippen LogP contribution in [0.5, 0.6) is 0 Å². The molecule has 0 atom stereocenters. The number of carbonyl (C=O) groups excluding carboxylic acids is 2. The van der Waals surface area contributed by atoms with Crippen molar-refractivity contribution >= 4 is 40.6 Å². The minimum Gasteiger partial charge on any atom is -0.733 e. The largest absolute Gasteiger partial charge is 0.733 e. The summed E-state index contributed by atoms with van der Waals surface area (Å²) in [5.74, 6) is -0.350. The molecule has 0 fully saturated rings. The van der Waals surface area contributed by atoms with Crippen molar-refractivity contribution in [1.82, 2.24) is 10.2 Å². The number of aromatic nitrogens is 2. The number of amides is 2. The molecule has 0 saturated carbocycles. The van der Waals surface area contributed by atoms with Crippen LogP contribution in [0.4, 0.5) is 17.1 Å². The highest BCUT2D eigenvalue weighted by molar-refractivity contribution is 7.99. The molecule has 2 amide bonds. The molecule has 3 aromatic rings. The van der Waals surface area contributed by atoms with Gasteiger partial charge in [0.2, 0.25) is 17.7 Å². The van der Waals surface area contributed by atoms with Crippen LogP contribution in [0.3, 0.4) is 0 Å². The lowest BCUT2D eigenvalue weighted by molar-refractivity contribution is -0.114. The molecule has 0 bridgehead atoms. The number of nitrogens with one attached hydrogen (secondary N) is 2. The van der Waals surface area contributed by atoms with Gasteiger partial charge in [-0.05, 0) is 36.4 Å². The highest BCUT2D eigenvalue weighted by Gasteiger charge is 2.13. The molecule has 10 nitrogen and oxygen atoms in total. The molecular weight excluding hydrogens is 398 g/mol. The first-order valence-electron chi connectivity index (χ1n) is 8.31. The van der Waals surface area contributed by atoms with E-state index in [1.54, 1.807) is 36.4 Å². The zero-order valence-corrected chi connectivity index (χ0v) is 16.0. The molecule has 0 spiro atoms. The molecule has 0 radical (unpaired) electrons. The Bertz CT molecular complexity index is 1010.